The molecule has 0 amide bonds. The van der Waals surface area contributed by atoms with Gasteiger partial charge in [0.25, 0.3) is 0 Å². The van der Waals surface area contributed by atoms with Crippen molar-refractivity contribution in [3.05, 3.63) is 12.2 Å². The van der Waals surface area contributed by atoms with E-state index in [1.54, 1.807) is 0 Å². The van der Waals surface area contributed by atoms with Crippen molar-refractivity contribution in [3.8, 4) is 0 Å². The zero-order chi connectivity index (χ0) is 18.3. The van der Waals surface area contributed by atoms with Gasteiger partial charge in [-0.05, 0) is 69.0 Å². The molecule has 0 aromatic rings. The van der Waals surface area contributed by atoms with Crippen LogP contribution in [0.5, 0.6) is 0 Å². The van der Waals surface area contributed by atoms with E-state index in [1.807, 2.05) is 51.2 Å². The Bertz CT molecular complexity index is 246. The van der Waals surface area contributed by atoms with E-state index in [2.05, 4.69) is 19.1 Å². The maximum Gasteiger partial charge on any atom is 0.149 e. The minimum Gasteiger partial charge on any atom is -1.00 e. The molecule has 0 unspecified atom stereocenters. The lowest BCUT2D eigenvalue weighted by molar-refractivity contribution is -0.119. The summed E-state index contributed by atoms with van der Waals surface area (Å²) in [4.78, 5) is 0. The van der Waals surface area contributed by atoms with Crippen LogP contribution in [-0.2, 0) is 0 Å². The van der Waals surface area contributed by atoms with Crippen LogP contribution >= 0.6 is 23.5 Å². The summed E-state index contributed by atoms with van der Waals surface area (Å²) in [6.07, 6.45) is 15.3. The number of halogens is 1. The quantitative estimate of drug-likeness (QED) is 0.277. The molecule has 0 aliphatic rings. The number of nitrogens with two attached hydrogens (primary N) is 1. The van der Waals surface area contributed by atoms with Gasteiger partial charge in [0.05, 0.1) is 0 Å². The van der Waals surface area contributed by atoms with Crippen LogP contribution in [0.3, 0.4) is 0 Å². The van der Waals surface area contributed by atoms with Crippen LogP contribution < -0.4 is 17.8 Å². The van der Waals surface area contributed by atoms with Crippen molar-refractivity contribution in [1.82, 2.24) is 0 Å². The molecule has 0 saturated heterocycles. The summed E-state index contributed by atoms with van der Waals surface area (Å²) in [6.45, 7) is 12.2. The van der Waals surface area contributed by atoms with E-state index in [9.17, 15) is 0 Å². The summed E-state index contributed by atoms with van der Waals surface area (Å²) < 4.78 is 0. The molecule has 0 spiro atoms. The van der Waals surface area contributed by atoms with E-state index in [0.29, 0.717) is 0 Å². The Morgan fingerprint density at radius 3 is 1.58 bits per heavy atom. The van der Waals surface area contributed by atoms with Crippen molar-refractivity contribution in [1.29, 1.82) is 0 Å². The van der Waals surface area contributed by atoms with E-state index < -0.39 is 0 Å². The number of rotatable bonds is 14. The Morgan fingerprint density at radius 1 is 0.708 bits per heavy atom. The fraction of sp³-hybridized carbons (Fsp3) is 0.850. The molecule has 0 heterocycles. The summed E-state index contributed by atoms with van der Waals surface area (Å²) >= 11 is 3.84. The summed E-state index contributed by atoms with van der Waals surface area (Å²) in [5.41, 5.74) is 2.63. The molecule has 0 aromatic carbocycles. The first-order valence-corrected chi connectivity index (χ1v) is 12.2. The topological polar surface area (TPSA) is 25.6 Å². The second kappa shape index (κ2) is 31.2. The van der Waals surface area contributed by atoms with Gasteiger partial charge in [-0.15, -0.1) is 0 Å². The molecular formula is C20H44ClNS2. The van der Waals surface area contributed by atoms with Gasteiger partial charge in [0, 0.05) is 12.8 Å². The van der Waals surface area contributed by atoms with Crippen molar-refractivity contribution in [2.45, 2.75) is 85.5 Å². The predicted molar refractivity (Wildman–Crippen MR) is 117 cm³/mol. The largest absolute Gasteiger partial charge is 1.00 e. The van der Waals surface area contributed by atoms with Crippen molar-refractivity contribution in [3.63, 3.8) is 0 Å². The van der Waals surface area contributed by atoms with Crippen LogP contribution in [-0.4, -0.2) is 29.7 Å². The lowest BCUT2D eigenvalue weighted by atomic mass is 10.0. The van der Waals surface area contributed by atoms with Gasteiger partial charge in [-0.2, -0.15) is 23.5 Å². The van der Waals surface area contributed by atoms with Gasteiger partial charge in [0.1, 0.15) is 5.71 Å². The minimum atomic E-state index is 0. The number of hydrogen-bond donors (Lipinski definition) is 1. The molecule has 0 aliphatic heterocycles. The highest BCUT2D eigenvalue weighted by Crippen LogP contribution is 2.15. The summed E-state index contributed by atoms with van der Waals surface area (Å²) in [5.74, 6) is 2.52. The Hall–Kier alpha value is 0.400. The zero-order valence-electron chi connectivity index (χ0n) is 17.3. The third kappa shape index (κ3) is 30.3. The summed E-state index contributed by atoms with van der Waals surface area (Å²) in [6, 6.07) is 0. The maximum atomic E-state index is 6.03. The number of thioether (sulfide) groups is 2. The lowest BCUT2D eigenvalue weighted by Gasteiger charge is -2.05. The van der Waals surface area contributed by atoms with Crippen molar-refractivity contribution < 1.29 is 17.8 Å². The molecule has 0 aliphatic carbocycles. The fourth-order valence-electron chi connectivity index (χ4n) is 2.04. The minimum absolute atomic E-state index is 0. The molecule has 0 aromatic heterocycles. The second-order valence-electron chi connectivity index (χ2n) is 5.16. The summed E-state index contributed by atoms with van der Waals surface area (Å²) in [5, 5.41) is 6.03. The van der Waals surface area contributed by atoms with E-state index in [-0.39, 0.29) is 12.4 Å². The van der Waals surface area contributed by atoms with Crippen LogP contribution in [0, 0.1) is 0 Å². The standard InChI is InChI=1S/C16H31NS2.2C2H6.ClH/c1-15(10-6-7-13-18-2)9-4-5-11-16(17)12-8-14-19-3;2*1-2;/h17H,1,4-14H2,2-3H3;2*1-2H3;1H. The first-order chi connectivity index (χ1) is 11.2. The average Bonchev–Trinajstić information content (AvgIpc) is 2.59. The van der Waals surface area contributed by atoms with Crippen LogP contribution in [0.4, 0.5) is 0 Å². The molecule has 0 saturated carbocycles. The lowest BCUT2D eigenvalue weighted by Crippen LogP contribution is -3.00. The Balaban J connectivity index is -0.000000369. The highest BCUT2D eigenvalue weighted by Gasteiger charge is 2.03. The Labute approximate surface area is 168 Å². The molecule has 0 bridgehead atoms. The fourth-order valence-corrected chi connectivity index (χ4v) is 2.97. The average molecular weight is 398 g/mol. The zero-order valence-corrected chi connectivity index (χ0v) is 19.6. The molecule has 0 fully saturated rings. The van der Waals surface area contributed by atoms with Crippen molar-refractivity contribution in [2.24, 2.45) is 0 Å². The van der Waals surface area contributed by atoms with Gasteiger partial charge < -0.3 is 12.4 Å². The van der Waals surface area contributed by atoms with Gasteiger partial charge >= 0.3 is 0 Å². The van der Waals surface area contributed by atoms with Crippen LogP contribution in [0.2, 0.25) is 0 Å². The van der Waals surface area contributed by atoms with E-state index in [0.717, 1.165) is 12.8 Å². The predicted octanol–water partition coefficient (Wildman–Crippen LogP) is 3.04. The third-order valence-electron chi connectivity index (χ3n) is 3.25. The van der Waals surface area contributed by atoms with Crippen LogP contribution in [0.25, 0.3) is 0 Å². The number of allylic oxidation sites excluding steroid dienone is 1. The van der Waals surface area contributed by atoms with E-state index >= 15 is 0 Å². The smallest absolute Gasteiger partial charge is 0.149 e. The molecule has 4 heteroatoms. The maximum absolute atomic E-state index is 6.03. The van der Waals surface area contributed by atoms with Gasteiger partial charge in [-0.25, -0.2) is 0 Å². The van der Waals surface area contributed by atoms with Crippen molar-refractivity contribution in [2.75, 3.05) is 24.0 Å². The highest BCUT2D eigenvalue weighted by atomic mass is 35.5. The molecule has 0 radical (unpaired) electrons. The number of hydrogen-bond acceptors (Lipinski definition) is 2. The normalized spacial score (nSPS) is 8.92. The first kappa shape index (κ1) is 32.1. The van der Waals surface area contributed by atoms with Crippen LogP contribution in [0.15, 0.2) is 12.2 Å². The van der Waals surface area contributed by atoms with Gasteiger partial charge in [-0.3, -0.25) is 5.41 Å². The SMILES string of the molecule is C=C(CCCCSC)CCCCC(=[NH2+])CCCSC.CC.CC.[Cl-]. The number of unbranched alkanes of at least 4 members (excludes halogenated alkanes) is 2. The van der Waals surface area contributed by atoms with Gasteiger partial charge in [0.15, 0.2) is 0 Å². The molecule has 148 valence electrons. The molecular weight excluding hydrogens is 354 g/mol. The van der Waals surface area contributed by atoms with E-state index in [4.69, 9.17) is 5.41 Å². The monoisotopic (exact) mass is 397 g/mol. The second-order valence-corrected chi connectivity index (χ2v) is 7.13. The first-order valence-electron chi connectivity index (χ1n) is 9.45. The molecule has 2 N–H and O–H groups in total. The third-order valence-corrected chi connectivity index (χ3v) is 4.65. The Kier molecular flexibility index (Phi) is 41.7. The molecule has 0 rings (SSSR count). The van der Waals surface area contributed by atoms with Crippen LogP contribution in [0.1, 0.15) is 85.5 Å². The van der Waals surface area contributed by atoms with Gasteiger partial charge in [-0.1, -0.05) is 39.8 Å². The van der Waals surface area contributed by atoms with Crippen molar-refractivity contribution >= 4 is 29.2 Å². The molecule has 24 heavy (non-hydrogen) atoms. The van der Waals surface area contributed by atoms with Gasteiger partial charge in [0.2, 0.25) is 0 Å². The molecule has 0 atom stereocenters. The highest BCUT2D eigenvalue weighted by molar-refractivity contribution is 7.98. The Morgan fingerprint density at radius 2 is 1.08 bits per heavy atom. The van der Waals surface area contributed by atoms with E-state index in [1.165, 1.54) is 67.7 Å². The molecule has 1 nitrogen and oxygen atoms in total. The summed E-state index contributed by atoms with van der Waals surface area (Å²) in [7, 11) is 0.